The fourth-order valence-electron chi connectivity index (χ4n) is 1.86. The first-order chi connectivity index (χ1) is 10.9. The Morgan fingerprint density at radius 2 is 2.22 bits per heavy atom. The van der Waals surface area contributed by atoms with E-state index in [0.29, 0.717) is 18.1 Å². The number of carbonyl (C=O) groups excluding carboxylic acids is 1. The molecule has 0 atom stereocenters. The van der Waals surface area contributed by atoms with Gasteiger partial charge in [0.15, 0.2) is 11.7 Å². The molecule has 1 aromatic heterocycles. The van der Waals surface area contributed by atoms with E-state index in [1.54, 1.807) is 20.0 Å². The molecule has 0 radical (unpaired) electrons. The van der Waals surface area contributed by atoms with Crippen LogP contribution in [0.4, 0.5) is 0 Å². The van der Waals surface area contributed by atoms with E-state index in [-0.39, 0.29) is 17.2 Å². The van der Waals surface area contributed by atoms with Gasteiger partial charge in [0.05, 0.1) is 7.11 Å². The van der Waals surface area contributed by atoms with Crippen LogP contribution in [-0.2, 0) is 11.2 Å². The SMILES string of the molecule is C=C(N/C=C/CCCc1cc(O)c(C(=O)C(C)C)c(=O)o1)OC. The Bertz CT molecular complexity index is 643. The van der Waals surface area contributed by atoms with Gasteiger partial charge in [-0.15, -0.1) is 0 Å². The first-order valence-electron chi connectivity index (χ1n) is 7.41. The Morgan fingerprint density at radius 1 is 1.52 bits per heavy atom. The van der Waals surface area contributed by atoms with Crippen LogP contribution in [0.2, 0.25) is 0 Å². The zero-order valence-electron chi connectivity index (χ0n) is 13.7. The van der Waals surface area contributed by atoms with Crippen LogP contribution in [0.5, 0.6) is 5.75 Å². The number of hydrogen-bond donors (Lipinski definition) is 2. The number of unbranched alkanes of at least 4 members (excludes halogenated alkanes) is 1. The van der Waals surface area contributed by atoms with Gasteiger partial charge in [-0.2, -0.15) is 0 Å². The summed E-state index contributed by atoms with van der Waals surface area (Å²) in [5.74, 6) is -0.314. The first kappa shape index (κ1) is 18.5. The van der Waals surface area contributed by atoms with Crippen LogP contribution in [-0.4, -0.2) is 18.0 Å². The molecule has 1 rings (SSSR count). The number of aryl methyl sites for hydroxylation is 1. The first-order valence-corrected chi connectivity index (χ1v) is 7.41. The van der Waals surface area contributed by atoms with Crippen molar-refractivity contribution in [2.45, 2.75) is 33.1 Å². The predicted molar refractivity (Wildman–Crippen MR) is 87.2 cm³/mol. The van der Waals surface area contributed by atoms with E-state index in [9.17, 15) is 14.7 Å². The number of nitrogens with one attached hydrogen (secondary N) is 1. The maximum Gasteiger partial charge on any atom is 0.350 e. The number of allylic oxidation sites excluding steroid dienone is 1. The Hall–Kier alpha value is -2.50. The summed E-state index contributed by atoms with van der Waals surface area (Å²) in [5, 5.41) is 12.7. The zero-order chi connectivity index (χ0) is 17.4. The van der Waals surface area contributed by atoms with Crippen LogP contribution in [0.25, 0.3) is 0 Å². The van der Waals surface area contributed by atoms with Crippen LogP contribution in [0.15, 0.2) is 40.0 Å². The van der Waals surface area contributed by atoms with Gasteiger partial charge in [-0.3, -0.25) is 4.79 Å². The van der Waals surface area contributed by atoms with Gasteiger partial charge in [-0.25, -0.2) is 4.79 Å². The van der Waals surface area contributed by atoms with E-state index in [4.69, 9.17) is 9.15 Å². The molecule has 1 heterocycles. The maximum atomic E-state index is 11.9. The van der Waals surface area contributed by atoms with Gasteiger partial charge in [-0.1, -0.05) is 19.9 Å². The van der Waals surface area contributed by atoms with Crippen LogP contribution in [0.1, 0.15) is 42.8 Å². The molecule has 0 aliphatic heterocycles. The molecule has 0 amide bonds. The summed E-state index contributed by atoms with van der Waals surface area (Å²) in [6, 6.07) is 1.34. The summed E-state index contributed by atoms with van der Waals surface area (Å²) in [6.07, 6.45) is 5.54. The van der Waals surface area contributed by atoms with Crippen molar-refractivity contribution in [2.24, 2.45) is 5.92 Å². The Balaban J connectivity index is 2.62. The number of aromatic hydroxyl groups is 1. The molecule has 0 aliphatic rings. The van der Waals surface area contributed by atoms with Crippen LogP contribution in [0.3, 0.4) is 0 Å². The van der Waals surface area contributed by atoms with E-state index < -0.39 is 11.4 Å². The topological polar surface area (TPSA) is 88.8 Å². The Kier molecular flexibility index (Phi) is 7.12. The average molecular weight is 321 g/mol. The minimum atomic E-state index is -0.785. The average Bonchev–Trinajstić information content (AvgIpc) is 2.49. The van der Waals surface area contributed by atoms with Crippen LogP contribution in [0, 0.1) is 5.92 Å². The fourth-order valence-corrected chi connectivity index (χ4v) is 1.86. The molecular formula is C17H23NO5. The lowest BCUT2D eigenvalue weighted by Crippen LogP contribution is -2.19. The molecule has 0 saturated carbocycles. The number of hydrogen-bond acceptors (Lipinski definition) is 6. The lowest BCUT2D eigenvalue weighted by Gasteiger charge is -2.06. The van der Waals surface area contributed by atoms with E-state index in [0.717, 1.165) is 12.8 Å². The summed E-state index contributed by atoms with van der Waals surface area (Å²) in [4.78, 5) is 23.7. The third kappa shape index (κ3) is 5.65. The van der Waals surface area contributed by atoms with Crippen molar-refractivity contribution in [1.29, 1.82) is 0 Å². The van der Waals surface area contributed by atoms with Crippen molar-refractivity contribution in [3.05, 3.63) is 52.5 Å². The minimum absolute atomic E-state index is 0.272. The maximum absolute atomic E-state index is 11.9. The molecule has 0 aromatic carbocycles. The van der Waals surface area contributed by atoms with E-state index in [2.05, 4.69) is 11.9 Å². The highest BCUT2D eigenvalue weighted by atomic mass is 16.5. The van der Waals surface area contributed by atoms with Crippen molar-refractivity contribution in [3.8, 4) is 5.75 Å². The predicted octanol–water partition coefficient (Wildman–Crippen LogP) is 2.73. The number of Topliss-reactive ketones (excluding diaryl/α,β-unsaturated/α-hetero) is 1. The molecule has 6 heteroatoms. The van der Waals surface area contributed by atoms with E-state index >= 15 is 0 Å². The largest absolute Gasteiger partial charge is 0.507 e. The number of ether oxygens (including phenoxy) is 1. The number of ketones is 1. The minimum Gasteiger partial charge on any atom is -0.507 e. The highest BCUT2D eigenvalue weighted by molar-refractivity contribution is 5.99. The van der Waals surface area contributed by atoms with Crippen molar-refractivity contribution in [3.63, 3.8) is 0 Å². The Morgan fingerprint density at radius 3 is 2.78 bits per heavy atom. The standard InChI is InChI=1S/C17H23NO5/c1-11(2)16(20)15-14(19)10-13(23-17(15)21)8-6-5-7-9-18-12(3)22-4/h7,9-11,18-19H,3,5-6,8H2,1-2,4H3/b9-7+. The molecule has 0 saturated heterocycles. The van der Waals surface area contributed by atoms with Gasteiger partial charge in [0.2, 0.25) is 0 Å². The van der Waals surface area contributed by atoms with Crippen molar-refractivity contribution >= 4 is 5.78 Å². The second kappa shape index (κ2) is 8.82. The molecule has 0 aliphatic carbocycles. The summed E-state index contributed by atoms with van der Waals surface area (Å²) < 4.78 is 9.95. The van der Waals surface area contributed by atoms with Gasteiger partial charge < -0.3 is 19.6 Å². The Labute approximate surface area is 135 Å². The molecule has 23 heavy (non-hydrogen) atoms. The smallest absolute Gasteiger partial charge is 0.350 e. The van der Waals surface area contributed by atoms with Crippen molar-refractivity contribution in [1.82, 2.24) is 5.32 Å². The zero-order valence-corrected chi connectivity index (χ0v) is 13.7. The van der Waals surface area contributed by atoms with Crippen molar-refractivity contribution < 1.29 is 19.1 Å². The summed E-state index contributed by atoms with van der Waals surface area (Å²) in [5.41, 5.74) is -1.06. The van der Waals surface area contributed by atoms with E-state index in [1.807, 2.05) is 6.08 Å². The molecule has 6 nitrogen and oxygen atoms in total. The molecule has 0 spiro atoms. The monoisotopic (exact) mass is 321 g/mol. The fraction of sp³-hybridized carbons (Fsp3) is 0.412. The molecule has 126 valence electrons. The van der Waals surface area contributed by atoms with Crippen LogP contribution < -0.4 is 10.9 Å². The molecule has 0 bridgehead atoms. The highest BCUT2D eigenvalue weighted by Crippen LogP contribution is 2.19. The van der Waals surface area contributed by atoms with Gasteiger partial charge in [0.1, 0.15) is 17.1 Å². The van der Waals surface area contributed by atoms with Gasteiger partial charge in [-0.05, 0) is 25.6 Å². The van der Waals surface area contributed by atoms with Gasteiger partial charge in [0.25, 0.3) is 0 Å². The molecular weight excluding hydrogens is 298 g/mol. The van der Waals surface area contributed by atoms with E-state index in [1.165, 1.54) is 13.2 Å². The molecule has 0 fully saturated rings. The highest BCUT2D eigenvalue weighted by Gasteiger charge is 2.21. The quantitative estimate of drug-likeness (QED) is 0.413. The lowest BCUT2D eigenvalue weighted by atomic mass is 10.0. The molecule has 1 aromatic rings. The second-order valence-electron chi connectivity index (χ2n) is 5.35. The summed E-state index contributed by atoms with van der Waals surface area (Å²) >= 11 is 0. The normalized spacial score (nSPS) is 11.0. The number of carbonyl (C=O) groups is 1. The third-order valence-electron chi connectivity index (χ3n) is 3.16. The number of rotatable bonds is 9. The third-order valence-corrected chi connectivity index (χ3v) is 3.16. The molecule has 0 unspecified atom stereocenters. The van der Waals surface area contributed by atoms with Crippen LogP contribution >= 0.6 is 0 Å². The second-order valence-corrected chi connectivity index (χ2v) is 5.35. The number of methoxy groups -OCH3 is 1. The summed E-state index contributed by atoms with van der Waals surface area (Å²) in [7, 11) is 1.52. The molecule has 2 N–H and O–H groups in total. The summed E-state index contributed by atoms with van der Waals surface area (Å²) in [6.45, 7) is 6.92. The lowest BCUT2D eigenvalue weighted by molar-refractivity contribution is 0.0931. The van der Waals surface area contributed by atoms with Gasteiger partial charge >= 0.3 is 5.63 Å². The van der Waals surface area contributed by atoms with Gasteiger partial charge in [0, 0.05) is 18.4 Å². The van der Waals surface area contributed by atoms with Crippen molar-refractivity contribution in [2.75, 3.05) is 7.11 Å².